The lowest BCUT2D eigenvalue weighted by Crippen LogP contribution is -2.47. The summed E-state index contributed by atoms with van der Waals surface area (Å²) in [6, 6.07) is 14.8. The molecule has 1 saturated carbocycles. The maximum absolute atomic E-state index is 14.0. The number of ether oxygens (including phenoxy) is 12. The van der Waals surface area contributed by atoms with Crippen LogP contribution in [-0.4, -0.2) is 209 Å². The average molecular weight is 1550 g/mol. The first kappa shape index (κ1) is 90.1. The Morgan fingerprint density at radius 2 is 1.32 bits per heavy atom. The zero-order valence-electron chi connectivity index (χ0n) is 66.4. The van der Waals surface area contributed by atoms with Crippen molar-refractivity contribution in [3.63, 3.8) is 0 Å². The van der Waals surface area contributed by atoms with Crippen LogP contribution in [0.5, 0.6) is 0 Å². The van der Waals surface area contributed by atoms with Crippen LogP contribution in [0.1, 0.15) is 171 Å². The van der Waals surface area contributed by atoms with Crippen molar-refractivity contribution in [3.8, 4) is 11.4 Å². The lowest BCUT2D eigenvalue weighted by molar-refractivity contribution is -0.175. The van der Waals surface area contributed by atoms with Gasteiger partial charge in [0.05, 0.1) is 140 Å². The number of imide groups is 1. The predicted molar refractivity (Wildman–Crippen MR) is 412 cm³/mol. The van der Waals surface area contributed by atoms with Gasteiger partial charge in [-0.3, -0.25) is 38.5 Å². The zero-order chi connectivity index (χ0) is 79.9. The molecule has 1 saturated heterocycles. The number of cyclic esters (lactones) is 1. The van der Waals surface area contributed by atoms with E-state index in [1.807, 2.05) is 52.9 Å². The summed E-state index contributed by atoms with van der Waals surface area (Å²) in [5.41, 5.74) is 11.4. The number of ketones is 3. The number of fused-ring (bicyclic) bond motifs is 5. The lowest BCUT2D eigenvalue weighted by atomic mass is 9.79. The number of pyridine rings is 2. The first-order valence-corrected chi connectivity index (χ1v) is 39.5. The third-order valence-corrected chi connectivity index (χ3v) is 19.8. The third-order valence-electron chi connectivity index (χ3n) is 19.8. The Morgan fingerprint density at radius 3 is 1.87 bits per heavy atom. The molecule has 3 atom stereocenters. The number of unbranched alkanes of at least 4 members (excludes halogenated alkanes) is 1. The number of nitrogens with one attached hydrogen (secondary N) is 1. The molecule has 1 aliphatic carbocycles. The molecule has 2 fully saturated rings. The van der Waals surface area contributed by atoms with Gasteiger partial charge in [-0.2, -0.15) is 0 Å². The van der Waals surface area contributed by atoms with Crippen LogP contribution in [0.25, 0.3) is 22.3 Å². The molecule has 9 rings (SSSR count). The van der Waals surface area contributed by atoms with Crippen LogP contribution < -0.4 is 16.6 Å². The molecule has 3 aliphatic heterocycles. The monoisotopic (exact) mass is 1550 g/mol. The number of likely N-dealkylation sites (tertiary alicyclic amines) is 1. The minimum absolute atomic E-state index is 0.00236. The number of carbonyl (C=O) groups excluding carboxylic acids is 8. The number of aromatic nitrogens is 5. The van der Waals surface area contributed by atoms with Crippen molar-refractivity contribution >= 4 is 63.8 Å². The summed E-state index contributed by atoms with van der Waals surface area (Å²) in [4.78, 5) is 118. The minimum atomic E-state index is -1.88. The zero-order valence-corrected chi connectivity index (χ0v) is 66.4. The maximum atomic E-state index is 14.0. The van der Waals surface area contributed by atoms with Crippen LogP contribution in [0.3, 0.4) is 0 Å². The number of nitrogens with zero attached hydrogens (tertiary/aromatic N) is 6. The number of Topliss-reactive ketones (excluding diaryl/α,β-unsaturated/α-hetero) is 3. The Bertz CT molecular complexity index is 3840. The molecule has 612 valence electrons. The van der Waals surface area contributed by atoms with Gasteiger partial charge in [-0.05, 0) is 132 Å². The predicted octanol–water partition coefficient (Wildman–Crippen LogP) is 9.64. The van der Waals surface area contributed by atoms with Crippen LogP contribution in [0.15, 0.2) is 59.5 Å². The second-order valence-electron chi connectivity index (χ2n) is 28.3. The van der Waals surface area contributed by atoms with Crippen LogP contribution in [0.4, 0.5) is 10.5 Å². The number of benzene rings is 2. The molecule has 6 heterocycles. The number of hydrogen-bond acceptors (Lipinski definition) is 25. The second-order valence-corrected chi connectivity index (χ2v) is 28.3. The topological polar surface area (TPSA) is 354 Å². The summed E-state index contributed by atoms with van der Waals surface area (Å²) >= 11 is 0. The van der Waals surface area contributed by atoms with Crippen LogP contribution in [0, 0.1) is 37.5 Å². The van der Waals surface area contributed by atoms with E-state index < -0.39 is 17.7 Å². The largest absolute Gasteiger partial charge is 0.510 e. The van der Waals surface area contributed by atoms with E-state index >= 15 is 0 Å². The number of rotatable bonds is 49. The van der Waals surface area contributed by atoms with E-state index in [1.54, 1.807) is 53.4 Å². The molecule has 29 nitrogen and oxygen atoms in total. The highest BCUT2D eigenvalue weighted by Crippen LogP contribution is 2.43. The number of anilines is 1. The quantitative estimate of drug-likeness (QED) is 0.0204. The smallest absolute Gasteiger partial charge is 0.457 e. The van der Waals surface area contributed by atoms with Gasteiger partial charge in [-0.25, -0.2) is 19.3 Å². The molecule has 3 N–H and O–H groups in total. The number of nitrogens with two attached hydrogens (primary N) is 1. The van der Waals surface area contributed by atoms with Gasteiger partial charge in [0.2, 0.25) is 23.3 Å². The van der Waals surface area contributed by atoms with Crippen molar-refractivity contribution in [1.82, 2.24) is 29.4 Å². The highest BCUT2D eigenvalue weighted by atomic mass is 16.7. The molecule has 0 spiro atoms. The molecule has 3 unspecified atom stereocenters. The molecule has 2 aromatic carbocycles. The number of amides is 3. The highest BCUT2D eigenvalue weighted by Gasteiger charge is 2.51. The summed E-state index contributed by atoms with van der Waals surface area (Å²) < 4.78 is 68.8. The number of aryl methyl sites for hydroxylation is 3. The molecular formula is C82H118N8O21. The summed E-state index contributed by atoms with van der Waals surface area (Å²) in [5, 5.41) is 11.8. The van der Waals surface area contributed by atoms with Crippen molar-refractivity contribution in [3.05, 3.63) is 104 Å². The van der Waals surface area contributed by atoms with E-state index in [0.29, 0.717) is 198 Å². The Labute approximate surface area is 651 Å². The van der Waals surface area contributed by atoms with Crippen molar-refractivity contribution in [2.75, 3.05) is 137 Å². The lowest BCUT2D eigenvalue weighted by Gasteiger charge is -2.35. The van der Waals surface area contributed by atoms with E-state index in [-0.39, 0.29) is 96.6 Å². The molecule has 0 bridgehead atoms. The minimum Gasteiger partial charge on any atom is -0.457 e. The Morgan fingerprint density at radius 1 is 0.703 bits per heavy atom. The van der Waals surface area contributed by atoms with Gasteiger partial charge in [-0.15, -0.1) is 5.10 Å². The molecule has 0 radical (unpaired) electrons. The molecule has 3 amide bonds. The first-order chi connectivity index (χ1) is 53.7. The summed E-state index contributed by atoms with van der Waals surface area (Å²) in [5.74, 6) is -0.206. The van der Waals surface area contributed by atoms with Gasteiger partial charge in [0.25, 0.3) is 5.56 Å². The standard InChI is InChI=1S/C38H42N4O7.C28H51N3O11.C16H25NO3/c1-5-26-27-17-22(3)10-15-31(27)41-33-28(26)19-42-32(33)18-30-29(35(42)44)21-47-36(45)38(30,6-2)49-37(46)48-20-24-11-13-25(14-12-24)40-34(43)23(4)9-7-8-16-39;1-3-27(32)24-42-25-28(33)5-4-7-34-9-11-36-13-15-38-17-19-40-21-22-41-20-18-39-16-14-37-12-10-35-8-6-31-23-26(2)29-30-31;1-3-4-14(18)13-7-5-12(6-8-13)10-17-15(19)9-11(2)16(17)20/h10-15,17-18,23H,5-9,16,19-21,39H2,1-4H3,(H,40,43);23H,3-22,24-25H2,1-2H3;11-13H,3-10H2,1-2H3. The van der Waals surface area contributed by atoms with Crippen LogP contribution in [-0.2, 0) is 129 Å². The first-order valence-electron chi connectivity index (χ1n) is 39.5. The van der Waals surface area contributed by atoms with E-state index in [9.17, 15) is 43.2 Å². The van der Waals surface area contributed by atoms with Gasteiger partial charge in [-0.1, -0.05) is 76.9 Å². The van der Waals surface area contributed by atoms with E-state index in [0.717, 1.165) is 91.1 Å². The highest BCUT2D eigenvalue weighted by molar-refractivity contribution is 6.03. The van der Waals surface area contributed by atoms with E-state index in [2.05, 4.69) is 28.6 Å². The normalized spacial score (nSPS) is 17.3. The number of hydrogen-bond donors (Lipinski definition) is 2. The van der Waals surface area contributed by atoms with E-state index in [1.165, 1.54) is 4.90 Å². The van der Waals surface area contributed by atoms with Gasteiger partial charge in [0.15, 0.2) is 11.6 Å². The fourth-order valence-corrected chi connectivity index (χ4v) is 13.4. The number of esters is 1. The Balaban J connectivity index is 0.000000250. The van der Waals surface area contributed by atoms with Gasteiger partial charge >= 0.3 is 12.1 Å². The van der Waals surface area contributed by atoms with Crippen molar-refractivity contribution in [2.24, 2.45) is 29.4 Å². The number of carbonyl (C=O) groups is 8. The van der Waals surface area contributed by atoms with Crippen molar-refractivity contribution < 1.29 is 95.2 Å². The van der Waals surface area contributed by atoms with Crippen molar-refractivity contribution in [2.45, 2.75) is 184 Å². The van der Waals surface area contributed by atoms with Crippen LogP contribution >= 0.6 is 0 Å². The van der Waals surface area contributed by atoms with Crippen molar-refractivity contribution in [1.29, 1.82) is 0 Å². The van der Waals surface area contributed by atoms with Gasteiger partial charge in [0.1, 0.15) is 32.2 Å². The molecule has 5 aromatic rings. The van der Waals surface area contributed by atoms with E-state index in [4.69, 9.17) is 67.6 Å². The second kappa shape index (κ2) is 48.7. The summed E-state index contributed by atoms with van der Waals surface area (Å²) in [7, 11) is 0. The van der Waals surface area contributed by atoms with Gasteiger partial charge < -0.3 is 72.5 Å². The fourth-order valence-electron chi connectivity index (χ4n) is 13.4. The molecule has 4 aliphatic rings. The molecule has 3 aromatic heterocycles. The third kappa shape index (κ3) is 28.8. The fraction of sp³-hybridized carbons (Fsp3) is 0.634. The van der Waals surface area contributed by atoms with Crippen LogP contribution in [0.2, 0.25) is 0 Å². The Kier molecular flexibility index (Phi) is 39.6. The average Bonchev–Trinajstić information content (AvgIpc) is 1.62. The maximum Gasteiger partial charge on any atom is 0.510 e. The molecule has 29 heteroatoms. The Hall–Kier alpha value is -8.10. The molecular weight excluding hydrogens is 1430 g/mol. The SMILES string of the molecule is CCC(=O)COCC(=O)CCCOCCOCCOCCOCCOCCOCCOCCOCCn1cc(C)nn1.CCCC(=O)C1CCC(CN2C(=O)CC(C)C2=O)CC1.CCc1c2c(nc3ccc(C)cc13)-c1cc3c(c(=O)n1C2)COC(=O)C3(CC)OC(=O)OCc1ccc(NC(=O)C(C)CCCCN)cc1. The van der Waals surface area contributed by atoms with Gasteiger partial charge in [0, 0.05) is 85.0 Å². The summed E-state index contributed by atoms with van der Waals surface area (Å²) in [6.45, 7) is 25.0. The molecule has 111 heavy (non-hydrogen) atoms. The summed E-state index contributed by atoms with van der Waals surface area (Å²) in [6.07, 6.45) is 11.3.